The summed E-state index contributed by atoms with van der Waals surface area (Å²) in [7, 11) is 0. The molecule has 3 rings (SSSR count). The lowest BCUT2D eigenvalue weighted by Crippen LogP contribution is -2.10. The van der Waals surface area contributed by atoms with Crippen LogP contribution in [-0.2, 0) is 9.59 Å². The van der Waals surface area contributed by atoms with E-state index in [0.717, 1.165) is 11.1 Å². The van der Waals surface area contributed by atoms with E-state index in [2.05, 4.69) is 13.2 Å². The Morgan fingerprint density at radius 3 is 1.24 bits per heavy atom. The van der Waals surface area contributed by atoms with Gasteiger partial charge in [-0.15, -0.1) is 0 Å². The Kier molecular flexibility index (Phi) is 7.20. The van der Waals surface area contributed by atoms with Crippen molar-refractivity contribution in [1.29, 1.82) is 0 Å². The van der Waals surface area contributed by atoms with E-state index in [9.17, 15) is 14.4 Å². The van der Waals surface area contributed by atoms with Crippen LogP contribution >= 0.6 is 0 Å². The molecular weight excluding hydrogens is 420 g/mol. The minimum Gasteiger partial charge on any atom is -0.423 e. The zero-order chi connectivity index (χ0) is 24.0. The number of hydrogen-bond donors (Lipinski definition) is 0. The van der Waals surface area contributed by atoms with Gasteiger partial charge in [0.05, 0.1) is 5.56 Å². The van der Waals surface area contributed by atoms with Gasteiger partial charge in [0.25, 0.3) is 0 Å². The maximum atomic E-state index is 12.4. The first-order valence-corrected chi connectivity index (χ1v) is 10.0. The van der Waals surface area contributed by atoms with Gasteiger partial charge in [-0.2, -0.15) is 0 Å². The van der Waals surface area contributed by atoms with Gasteiger partial charge in [-0.3, -0.25) is 0 Å². The predicted molar refractivity (Wildman–Crippen MR) is 124 cm³/mol. The molecule has 0 saturated carbocycles. The summed E-state index contributed by atoms with van der Waals surface area (Å²) in [5.74, 6) is -0.427. The maximum absolute atomic E-state index is 12.4. The molecule has 0 aliphatic carbocycles. The van der Waals surface area contributed by atoms with Crippen LogP contribution in [0.2, 0.25) is 0 Å². The predicted octanol–water partition coefficient (Wildman–Crippen LogP) is 5.54. The van der Waals surface area contributed by atoms with E-state index in [4.69, 9.17) is 14.2 Å². The summed E-state index contributed by atoms with van der Waals surface area (Å²) in [6, 6.07) is 20.1. The zero-order valence-corrected chi connectivity index (χ0v) is 18.3. The largest absolute Gasteiger partial charge is 0.423 e. The number of carbonyl (C=O) groups is 3. The Morgan fingerprint density at radius 1 is 0.545 bits per heavy atom. The normalized spacial score (nSPS) is 10.1. The molecule has 0 aliphatic heterocycles. The number of hydrogen-bond acceptors (Lipinski definition) is 6. The first-order chi connectivity index (χ1) is 15.7. The fourth-order valence-corrected chi connectivity index (χ4v) is 2.64. The van der Waals surface area contributed by atoms with E-state index < -0.39 is 17.9 Å². The first-order valence-electron chi connectivity index (χ1n) is 10.0. The summed E-state index contributed by atoms with van der Waals surface area (Å²) in [6.45, 7) is 10.2. The molecule has 0 N–H and O–H groups in total. The molecule has 0 aromatic heterocycles. The molecule has 0 aliphatic rings. The van der Waals surface area contributed by atoms with Crippen molar-refractivity contribution in [1.82, 2.24) is 0 Å². The Labute approximate surface area is 191 Å². The Balaban J connectivity index is 1.61. The second kappa shape index (κ2) is 10.2. The monoisotopic (exact) mass is 442 g/mol. The third-order valence-electron chi connectivity index (χ3n) is 4.46. The van der Waals surface area contributed by atoms with Crippen LogP contribution in [0.1, 0.15) is 24.2 Å². The number of esters is 3. The van der Waals surface area contributed by atoms with Gasteiger partial charge >= 0.3 is 17.9 Å². The number of ether oxygens (including phenoxy) is 3. The molecule has 3 aromatic rings. The summed E-state index contributed by atoms with van der Waals surface area (Å²) >= 11 is 0. The van der Waals surface area contributed by atoms with Crippen LogP contribution in [0.5, 0.6) is 17.2 Å². The fourth-order valence-electron chi connectivity index (χ4n) is 2.64. The summed E-state index contributed by atoms with van der Waals surface area (Å²) in [4.78, 5) is 35.5. The molecule has 6 nitrogen and oxygen atoms in total. The van der Waals surface area contributed by atoms with Gasteiger partial charge in [0, 0.05) is 11.1 Å². The number of carbonyl (C=O) groups excluding carboxylic acids is 3. The molecule has 0 unspecified atom stereocenters. The van der Waals surface area contributed by atoms with Crippen LogP contribution in [0.3, 0.4) is 0 Å². The summed E-state index contributed by atoms with van der Waals surface area (Å²) < 4.78 is 15.7. The molecular formula is C27H22O6. The summed E-state index contributed by atoms with van der Waals surface area (Å²) in [5, 5.41) is 0. The Morgan fingerprint density at radius 2 is 0.879 bits per heavy atom. The van der Waals surface area contributed by atoms with Crippen molar-refractivity contribution < 1.29 is 28.6 Å². The topological polar surface area (TPSA) is 78.9 Å². The minimum absolute atomic E-state index is 0.282. The molecule has 0 bridgehead atoms. The van der Waals surface area contributed by atoms with Gasteiger partial charge in [-0.25, -0.2) is 14.4 Å². The lowest BCUT2D eigenvalue weighted by atomic mass is 10.1. The molecule has 33 heavy (non-hydrogen) atoms. The average Bonchev–Trinajstić information content (AvgIpc) is 2.80. The molecule has 0 atom stereocenters. The molecule has 0 heterocycles. The van der Waals surface area contributed by atoms with Crippen molar-refractivity contribution in [3.8, 4) is 28.4 Å². The zero-order valence-electron chi connectivity index (χ0n) is 18.3. The van der Waals surface area contributed by atoms with E-state index >= 15 is 0 Å². The second-order valence-corrected chi connectivity index (χ2v) is 7.30. The minimum atomic E-state index is -0.538. The summed E-state index contributed by atoms with van der Waals surface area (Å²) in [5.41, 5.74) is 2.73. The van der Waals surface area contributed by atoms with Crippen LogP contribution < -0.4 is 14.2 Å². The molecule has 0 radical (unpaired) electrons. The van der Waals surface area contributed by atoms with Gasteiger partial charge in [-0.05, 0) is 73.5 Å². The highest BCUT2D eigenvalue weighted by atomic mass is 16.5. The van der Waals surface area contributed by atoms with Crippen molar-refractivity contribution >= 4 is 17.9 Å². The summed E-state index contributed by atoms with van der Waals surface area (Å²) in [6.07, 6.45) is 0. The first kappa shape index (κ1) is 23.2. The average molecular weight is 442 g/mol. The van der Waals surface area contributed by atoms with Gasteiger partial charge in [-0.1, -0.05) is 37.4 Å². The van der Waals surface area contributed by atoms with Crippen molar-refractivity contribution in [2.24, 2.45) is 0 Å². The van der Waals surface area contributed by atoms with Crippen LogP contribution in [0.25, 0.3) is 11.1 Å². The lowest BCUT2D eigenvalue weighted by molar-refractivity contribution is -0.130. The van der Waals surface area contributed by atoms with Crippen LogP contribution in [0, 0.1) is 0 Å². The van der Waals surface area contributed by atoms with E-state index in [0.29, 0.717) is 28.4 Å². The highest BCUT2D eigenvalue weighted by molar-refractivity contribution is 5.92. The van der Waals surface area contributed by atoms with Crippen molar-refractivity contribution in [3.05, 3.63) is 103 Å². The molecule has 166 valence electrons. The fraction of sp³-hybridized carbons (Fsp3) is 0.0741. The van der Waals surface area contributed by atoms with Gasteiger partial charge in [0.1, 0.15) is 17.2 Å². The van der Waals surface area contributed by atoms with E-state index in [-0.39, 0.29) is 5.57 Å². The van der Waals surface area contributed by atoms with Crippen LogP contribution in [0.4, 0.5) is 0 Å². The van der Waals surface area contributed by atoms with Gasteiger partial charge < -0.3 is 14.2 Å². The van der Waals surface area contributed by atoms with Crippen molar-refractivity contribution in [2.75, 3.05) is 0 Å². The third kappa shape index (κ3) is 6.27. The van der Waals surface area contributed by atoms with Crippen molar-refractivity contribution in [2.45, 2.75) is 13.8 Å². The SMILES string of the molecule is C=C(C)C(=O)Oc1ccc(C(=O)Oc2ccc(-c3ccc(OC(=O)C(=C)C)cc3)cc2)cc1. The molecule has 0 amide bonds. The van der Waals surface area contributed by atoms with E-state index in [1.54, 1.807) is 38.1 Å². The molecule has 3 aromatic carbocycles. The molecule has 0 saturated heterocycles. The number of rotatable bonds is 7. The van der Waals surface area contributed by atoms with Crippen molar-refractivity contribution in [3.63, 3.8) is 0 Å². The highest BCUT2D eigenvalue weighted by Gasteiger charge is 2.11. The smallest absolute Gasteiger partial charge is 0.343 e. The quantitative estimate of drug-likeness (QED) is 0.272. The Hall–Kier alpha value is -4.45. The Bertz CT molecular complexity index is 1200. The van der Waals surface area contributed by atoms with E-state index in [1.807, 2.05) is 24.3 Å². The maximum Gasteiger partial charge on any atom is 0.343 e. The highest BCUT2D eigenvalue weighted by Crippen LogP contribution is 2.25. The van der Waals surface area contributed by atoms with Gasteiger partial charge in [0.2, 0.25) is 0 Å². The molecule has 0 fully saturated rings. The van der Waals surface area contributed by atoms with Crippen LogP contribution in [0.15, 0.2) is 97.1 Å². The van der Waals surface area contributed by atoms with E-state index in [1.165, 1.54) is 24.3 Å². The molecule has 0 spiro atoms. The van der Waals surface area contributed by atoms with Crippen LogP contribution in [-0.4, -0.2) is 17.9 Å². The second-order valence-electron chi connectivity index (χ2n) is 7.30. The number of benzene rings is 3. The molecule has 6 heteroatoms. The third-order valence-corrected chi connectivity index (χ3v) is 4.46. The van der Waals surface area contributed by atoms with Gasteiger partial charge in [0.15, 0.2) is 0 Å². The standard InChI is InChI=1S/C27H22O6/c1-17(2)25(28)31-22-11-5-19(6-12-22)20-7-13-24(14-8-20)33-27(30)21-9-15-23(16-10-21)32-26(29)18(3)4/h5-16H,1,3H2,2,4H3. The lowest BCUT2D eigenvalue weighted by Gasteiger charge is -2.08.